The molecular weight excluding hydrogens is 400 g/mol. The number of carbonyl (C=O) groups is 1. The van der Waals surface area contributed by atoms with E-state index < -0.39 is 16.1 Å². The molecule has 2 N–H and O–H groups in total. The van der Waals surface area contributed by atoms with Crippen molar-refractivity contribution >= 4 is 15.9 Å². The van der Waals surface area contributed by atoms with Crippen molar-refractivity contribution in [2.75, 3.05) is 6.61 Å². The van der Waals surface area contributed by atoms with Gasteiger partial charge in [-0.25, -0.2) is 8.42 Å². The van der Waals surface area contributed by atoms with Crippen molar-refractivity contribution in [3.8, 4) is 5.75 Å². The lowest BCUT2D eigenvalue weighted by molar-refractivity contribution is -0.123. The molecule has 0 aromatic heterocycles. The maximum absolute atomic E-state index is 12.7. The first kappa shape index (κ1) is 23.9. The number of carbonyl (C=O) groups excluding carboxylic acids is 1. The van der Waals surface area contributed by atoms with Gasteiger partial charge in [-0.05, 0) is 94.5 Å². The third kappa shape index (κ3) is 5.61. The van der Waals surface area contributed by atoms with E-state index in [0.717, 1.165) is 22.3 Å². The summed E-state index contributed by atoms with van der Waals surface area (Å²) in [5, 5.41) is 2.91. The number of ether oxygens (including phenoxy) is 1. The van der Waals surface area contributed by atoms with Crippen molar-refractivity contribution in [1.29, 1.82) is 0 Å². The monoisotopic (exact) mass is 432 g/mol. The number of aryl methyl sites for hydroxylation is 4. The van der Waals surface area contributed by atoms with Crippen LogP contribution in [-0.2, 0) is 14.8 Å². The van der Waals surface area contributed by atoms with E-state index in [1.807, 2.05) is 27.7 Å². The molecule has 0 aliphatic rings. The second kappa shape index (κ2) is 9.62. The first-order valence-corrected chi connectivity index (χ1v) is 11.6. The lowest BCUT2D eigenvalue weighted by Gasteiger charge is -2.21. The SMILES string of the molecule is CCOc1ccc(S(=O)(=O)NC(C)C(=O)NC(C)c2cc(C)c(C)cc2C)cc1C. The fourth-order valence-electron chi connectivity index (χ4n) is 3.33. The Balaban J connectivity index is 2.11. The zero-order valence-electron chi connectivity index (χ0n) is 18.8. The largest absolute Gasteiger partial charge is 0.494 e. The fourth-order valence-corrected chi connectivity index (χ4v) is 4.61. The minimum Gasteiger partial charge on any atom is -0.494 e. The molecule has 7 heteroatoms. The summed E-state index contributed by atoms with van der Waals surface area (Å²) in [5.41, 5.74) is 5.17. The molecule has 0 aliphatic heterocycles. The van der Waals surface area contributed by atoms with Crippen molar-refractivity contribution in [2.45, 2.75) is 65.4 Å². The predicted molar refractivity (Wildman–Crippen MR) is 119 cm³/mol. The summed E-state index contributed by atoms with van der Waals surface area (Å²) < 4.78 is 33.4. The molecule has 0 heterocycles. The summed E-state index contributed by atoms with van der Waals surface area (Å²) in [6.07, 6.45) is 0. The summed E-state index contributed by atoms with van der Waals surface area (Å²) in [6.45, 7) is 13.7. The van der Waals surface area contributed by atoms with Crippen LogP contribution >= 0.6 is 0 Å². The second-order valence-corrected chi connectivity index (χ2v) is 9.44. The van der Waals surface area contributed by atoms with Crippen molar-refractivity contribution in [3.05, 3.63) is 58.1 Å². The lowest BCUT2D eigenvalue weighted by Crippen LogP contribution is -2.45. The second-order valence-electron chi connectivity index (χ2n) is 7.73. The average Bonchev–Trinajstić information content (AvgIpc) is 2.65. The number of hydrogen-bond acceptors (Lipinski definition) is 4. The van der Waals surface area contributed by atoms with Crippen LogP contribution in [0.1, 0.15) is 54.6 Å². The fraction of sp³-hybridized carbons (Fsp3) is 0.435. The smallest absolute Gasteiger partial charge is 0.241 e. The molecule has 2 atom stereocenters. The van der Waals surface area contributed by atoms with E-state index in [4.69, 9.17) is 4.74 Å². The van der Waals surface area contributed by atoms with Crippen LogP contribution in [0.25, 0.3) is 0 Å². The van der Waals surface area contributed by atoms with Crippen LogP contribution < -0.4 is 14.8 Å². The number of sulfonamides is 1. The molecule has 0 spiro atoms. The van der Waals surface area contributed by atoms with Crippen LogP contribution in [0.5, 0.6) is 5.75 Å². The first-order valence-electron chi connectivity index (χ1n) is 10.1. The molecule has 0 aliphatic carbocycles. The molecule has 1 amide bonds. The van der Waals surface area contributed by atoms with Crippen LogP contribution in [0.15, 0.2) is 35.2 Å². The van der Waals surface area contributed by atoms with Gasteiger partial charge in [0.05, 0.1) is 23.6 Å². The summed E-state index contributed by atoms with van der Waals surface area (Å²) >= 11 is 0. The Bertz CT molecular complexity index is 1030. The highest BCUT2D eigenvalue weighted by atomic mass is 32.2. The molecule has 0 saturated heterocycles. The van der Waals surface area contributed by atoms with E-state index in [2.05, 4.69) is 29.1 Å². The maximum Gasteiger partial charge on any atom is 0.241 e. The van der Waals surface area contributed by atoms with Gasteiger partial charge in [-0.15, -0.1) is 0 Å². The zero-order chi connectivity index (χ0) is 22.6. The van der Waals surface area contributed by atoms with Crippen molar-refractivity contribution < 1.29 is 17.9 Å². The molecule has 2 unspecified atom stereocenters. The number of amides is 1. The van der Waals surface area contributed by atoms with Crippen LogP contribution in [0, 0.1) is 27.7 Å². The quantitative estimate of drug-likeness (QED) is 0.663. The van der Waals surface area contributed by atoms with Gasteiger partial charge in [-0.3, -0.25) is 4.79 Å². The van der Waals surface area contributed by atoms with Crippen molar-refractivity contribution in [3.63, 3.8) is 0 Å². The van der Waals surface area contributed by atoms with Gasteiger partial charge in [-0.1, -0.05) is 12.1 Å². The summed E-state index contributed by atoms with van der Waals surface area (Å²) in [7, 11) is -3.85. The summed E-state index contributed by atoms with van der Waals surface area (Å²) in [6, 6.07) is 7.64. The predicted octanol–water partition coefficient (Wildman–Crippen LogP) is 3.86. The van der Waals surface area contributed by atoms with Crippen LogP contribution in [0.4, 0.5) is 0 Å². The van der Waals surface area contributed by atoms with E-state index in [1.165, 1.54) is 18.6 Å². The van der Waals surface area contributed by atoms with Gasteiger partial charge in [0, 0.05) is 0 Å². The Hall–Kier alpha value is -2.38. The van der Waals surface area contributed by atoms with Gasteiger partial charge in [0.2, 0.25) is 15.9 Å². The van der Waals surface area contributed by atoms with E-state index in [1.54, 1.807) is 19.1 Å². The minimum absolute atomic E-state index is 0.0983. The van der Waals surface area contributed by atoms with E-state index >= 15 is 0 Å². The molecule has 2 rings (SSSR count). The minimum atomic E-state index is -3.85. The Morgan fingerprint density at radius 2 is 1.60 bits per heavy atom. The highest BCUT2D eigenvalue weighted by Gasteiger charge is 2.24. The Labute approximate surface area is 180 Å². The van der Waals surface area contributed by atoms with Crippen LogP contribution in [0.3, 0.4) is 0 Å². The van der Waals surface area contributed by atoms with Gasteiger partial charge in [0.25, 0.3) is 0 Å². The highest BCUT2D eigenvalue weighted by molar-refractivity contribution is 7.89. The molecule has 30 heavy (non-hydrogen) atoms. The van der Waals surface area contributed by atoms with Crippen molar-refractivity contribution in [2.24, 2.45) is 0 Å². The molecule has 0 saturated carbocycles. The standard InChI is InChI=1S/C23H32N2O4S/c1-8-29-22-10-9-20(12-17(22)5)30(27,28)25-19(7)23(26)24-18(6)21-13-15(3)14(2)11-16(21)4/h9-13,18-19,25H,8H2,1-7H3,(H,24,26). The first-order chi connectivity index (χ1) is 14.0. The molecular formula is C23H32N2O4S. The Morgan fingerprint density at radius 1 is 0.967 bits per heavy atom. The summed E-state index contributed by atoms with van der Waals surface area (Å²) in [5.74, 6) is 0.256. The molecule has 2 aromatic carbocycles. The number of rotatable bonds is 8. The van der Waals surface area contributed by atoms with Gasteiger partial charge in [-0.2, -0.15) is 4.72 Å². The zero-order valence-corrected chi connectivity index (χ0v) is 19.6. The molecule has 0 radical (unpaired) electrons. The normalized spacial score (nSPS) is 13.6. The van der Waals surface area contributed by atoms with Gasteiger partial charge in [0.15, 0.2) is 0 Å². The molecule has 6 nitrogen and oxygen atoms in total. The third-order valence-corrected chi connectivity index (χ3v) is 6.73. The number of hydrogen-bond donors (Lipinski definition) is 2. The van der Waals surface area contributed by atoms with Crippen LogP contribution in [0.2, 0.25) is 0 Å². The van der Waals surface area contributed by atoms with E-state index in [-0.39, 0.29) is 16.8 Å². The molecule has 0 bridgehead atoms. The van der Waals surface area contributed by atoms with Gasteiger partial charge < -0.3 is 10.1 Å². The van der Waals surface area contributed by atoms with Crippen LogP contribution in [-0.4, -0.2) is 27.0 Å². The molecule has 0 fully saturated rings. The maximum atomic E-state index is 12.7. The Kier molecular flexibility index (Phi) is 7.66. The highest BCUT2D eigenvalue weighted by Crippen LogP contribution is 2.23. The lowest BCUT2D eigenvalue weighted by atomic mass is 9.96. The van der Waals surface area contributed by atoms with Crippen molar-refractivity contribution in [1.82, 2.24) is 10.0 Å². The average molecular weight is 433 g/mol. The third-order valence-electron chi connectivity index (χ3n) is 5.19. The topological polar surface area (TPSA) is 84.5 Å². The molecule has 164 valence electrons. The Morgan fingerprint density at radius 3 is 2.20 bits per heavy atom. The van der Waals surface area contributed by atoms with Gasteiger partial charge >= 0.3 is 0 Å². The van der Waals surface area contributed by atoms with E-state index in [0.29, 0.717) is 12.4 Å². The van der Waals surface area contributed by atoms with E-state index in [9.17, 15) is 13.2 Å². The molecule has 2 aromatic rings. The summed E-state index contributed by atoms with van der Waals surface area (Å²) in [4.78, 5) is 12.7. The van der Waals surface area contributed by atoms with Gasteiger partial charge in [0.1, 0.15) is 5.75 Å². The number of benzene rings is 2. The number of nitrogens with one attached hydrogen (secondary N) is 2.